The molecule has 3 rings (SSSR count). The third-order valence-electron chi connectivity index (χ3n) is 4.95. The normalized spacial score (nSPS) is 24.3. The second kappa shape index (κ2) is 6.09. The molecule has 2 N–H and O–H groups in total. The number of aryl methyl sites for hydroxylation is 1. The molecule has 0 aromatic carbocycles. The third kappa shape index (κ3) is 3.05. The zero-order valence-corrected chi connectivity index (χ0v) is 14.3. The number of aromatic nitrogens is 1. The van der Waals surface area contributed by atoms with Gasteiger partial charge in [-0.05, 0) is 26.7 Å². The molecule has 1 atom stereocenters. The summed E-state index contributed by atoms with van der Waals surface area (Å²) in [5, 5.41) is 2.99. The number of morpholine rings is 1. The van der Waals surface area contributed by atoms with E-state index in [1.54, 1.807) is 16.2 Å². The molecule has 23 heavy (non-hydrogen) atoms. The highest BCUT2D eigenvalue weighted by Crippen LogP contribution is 2.36. The molecule has 0 bridgehead atoms. The van der Waals surface area contributed by atoms with Gasteiger partial charge in [-0.15, -0.1) is 11.3 Å². The fourth-order valence-corrected chi connectivity index (χ4v) is 4.06. The smallest absolute Gasteiger partial charge is 0.314 e. The van der Waals surface area contributed by atoms with E-state index < -0.39 is 11.6 Å². The lowest BCUT2D eigenvalue weighted by Gasteiger charge is -2.51. The zero-order valence-electron chi connectivity index (χ0n) is 13.4. The number of hydrogen-bond acceptors (Lipinski definition) is 5. The number of amides is 3. The summed E-state index contributed by atoms with van der Waals surface area (Å²) in [4.78, 5) is 31.6. The van der Waals surface area contributed by atoms with Gasteiger partial charge >= 0.3 is 6.03 Å². The van der Waals surface area contributed by atoms with Gasteiger partial charge in [-0.25, -0.2) is 9.78 Å². The lowest BCUT2D eigenvalue weighted by molar-refractivity contribution is -0.186. The highest BCUT2D eigenvalue weighted by molar-refractivity contribution is 7.09. The highest BCUT2D eigenvalue weighted by atomic mass is 32.1. The molecule has 8 heteroatoms. The van der Waals surface area contributed by atoms with Gasteiger partial charge in [0.25, 0.3) is 0 Å². The monoisotopic (exact) mass is 338 g/mol. The summed E-state index contributed by atoms with van der Waals surface area (Å²) in [6, 6.07) is -0.449. The van der Waals surface area contributed by atoms with E-state index in [9.17, 15) is 9.59 Å². The van der Waals surface area contributed by atoms with Crippen molar-refractivity contribution in [2.45, 2.75) is 44.9 Å². The van der Waals surface area contributed by atoms with Gasteiger partial charge < -0.3 is 20.3 Å². The van der Waals surface area contributed by atoms with Crippen LogP contribution in [0.15, 0.2) is 5.38 Å². The van der Waals surface area contributed by atoms with Crippen molar-refractivity contribution in [2.75, 3.05) is 19.7 Å². The second-order valence-corrected chi connectivity index (χ2v) is 7.30. The molecule has 1 spiro atoms. The van der Waals surface area contributed by atoms with Crippen LogP contribution in [0.5, 0.6) is 0 Å². The lowest BCUT2D eigenvalue weighted by atomic mass is 9.82. The van der Waals surface area contributed by atoms with Crippen LogP contribution < -0.4 is 5.73 Å². The van der Waals surface area contributed by atoms with Crippen LogP contribution in [0.1, 0.15) is 30.5 Å². The molecular formula is C15H22N4O3S. The minimum Gasteiger partial charge on any atom is -0.363 e. The van der Waals surface area contributed by atoms with Gasteiger partial charge in [0.05, 0.1) is 28.9 Å². The van der Waals surface area contributed by atoms with E-state index in [4.69, 9.17) is 10.5 Å². The van der Waals surface area contributed by atoms with Crippen LogP contribution in [0.3, 0.4) is 0 Å². The maximum atomic E-state index is 12.3. The first-order valence-electron chi connectivity index (χ1n) is 7.80. The number of ether oxygens (including phenoxy) is 1. The Kier molecular flexibility index (Phi) is 4.29. The Balaban J connectivity index is 1.74. The summed E-state index contributed by atoms with van der Waals surface area (Å²) < 4.78 is 5.94. The third-order valence-corrected chi connectivity index (χ3v) is 5.78. The molecule has 3 amide bonds. The first kappa shape index (κ1) is 16.2. The second-order valence-electron chi connectivity index (χ2n) is 6.23. The number of nitrogens with zero attached hydrogens (tertiary/aromatic N) is 3. The number of rotatable bonds is 2. The SMILES string of the molecule is Cc1nc(CN2C(=O)COC3(CCN(C(N)=O)CC3)[C@H]2C)cs1. The molecule has 0 aliphatic carbocycles. The zero-order chi connectivity index (χ0) is 16.6. The quantitative estimate of drug-likeness (QED) is 0.875. The van der Waals surface area contributed by atoms with Gasteiger partial charge in [-0.1, -0.05) is 0 Å². The summed E-state index contributed by atoms with van der Waals surface area (Å²) in [6.45, 7) is 5.71. The molecule has 2 saturated heterocycles. The Hall–Kier alpha value is -1.67. The van der Waals surface area contributed by atoms with Crippen LogP contribution in [0.4, 0.5) is 4.79 Å². The molecule has 2 aliphatic rings. The Morgan fingerprint density at radius 1 is 1.52 bits per heavy atom. The van der Waals surface area contributed by atoms with E-state index in [0.717, 1.165) is 10.7 Å². The van der Waals surface area contributed by atoms with Crippen LogP contribution in [-0.2, 0) is 16.1 Å². The van der Waals surface area contributed by atoms with Gasteiger partial charge in [-0.3, -0.25) is 4.79 Å². The maximum absolute atomic E-state index is 12.3. The molecule has 0 unspecified atom stereocenters. The van der Waals surface area contributed by atoms with Crippen molar-refractivity contribution in [1.29, 1.82) is 0 Å². The van der Waals surface area contributed by atoms with Crippen molar-refractivity contribution in [3.8, 4) is 0 Å². The van der Waals surface area contributed by atoms with Gasteiger partial charge in [0.15, 0.2) is 0 Å². The van der Waals surface area contributed by atoms with Gasteiger partial charge in [-0.2, -0.15) is 0 Å². The fourth-order valence-electron chi connectivity index (χ4n) is 3.46. The summed E-state index contributed by atoms with van der Waals surface area (Å²) in [6.07, 6.45) is 1.38. The van der Waals surface area contributed by atoms with E-state index >= 15 is 0 Å². The summed E-state index contributed by atoms with van der Waals surface area (Å²) in [5.74, 6) is -0.00823. The van der Waals surface area contributed by atoms with E-state index in [-0.39, 0.29) is 18.6 Å². The Bertz CT molecular complexity index is 610. The first-order chi connectivity index (χ1) is 10.9. The standard InChI is InChI=1S/C15H22N4O3S/c1-10-15(3-5-18(6-4-15)14(16)21)22-8-13(20)19(10)7-12-9-23-11(2)17-12/h9-10H,3-8H2,1-2H3,(H2,16,21)/t10-/m1/s1. The predicted octanol–water partition coefficient (Wildman–Crippen LogP) is 1.11. The maximum Gasteiger partial charge on any atom is 0.314 e. The van der Waals surface area contributed by atoms with Crippen molar-refractivity contribution >= 4 is 23.3 Å². The Labute approximate surface area is 139 Å². The van der Waals surface area contributed by atoms with E-state index in [1.165, 1.54) is 0 Å². The topological polar surface area (TPSA) is 88.8 Å². The van der Waals surface area contributed by atoms with Crippen molar-refractivity contribution in [2.24, 2.45) is 5.73 Å². The average Bonchev–Trinajstić information content (AvgIpc) is 2.94. The van der Waals surface area contributed by atoms with Gasteiger partial charge in [0.2, 0.25) is 5.91 Å². The number of likely N-dealkylation sites (tertiary alicyclic amines) is 1. The minimum absolute atomic E-state index is 0.00823. The molecule has 126 valence electrons. The molecule has 1 aromatic rings. The highest BCUT2D eigenvalue weighted by Gasteiger charge is 2.48. The molecule has 2 aliphatic heterocycles. The summed E-state index contributed by atoms with van der Waals surface area (Å²) in [5.41, 5.74) is 5.87. The van der Waals surface area contributed by atoms with Crippen molar-refractivity contribution < 1.29 is 14.3 Å². The van der Waals surface area contributed by atoms with Gasteiger partial charge in [0, 0.05) is 18.5 Å². The van der Waals surface area contributed by atoms with Crippen LogP contribution >= 0.6 is 11.3 Å². The molecule has 2 fully saturated rings. The average molecular weight is 338 g/mol. The number of thiazole rings is 1. The summed E-state index contributed by atoms with van der Waals surface area (Å²) >= 11 is 1.59. The van der Waals surface area contributed by atoms with E-state index in [2.05, 4.69) is 4.98 Å². The molecule has 3 heterocycles. The molecule has 0 radical (unpaired) electrons. The van der Waals surface area contributed by atoms with Crippen molar-refractivity contribution in [3.63, 3.8) is 0 Å². The fraction of sp³-hybridized carbons (Fsp3) is 0.667. The molecule has 7 nitrogen and oxygen atoms in total. The number of nitrogens with two attached hydrogens (primary N) is 1. The lowest BCUT2D eigenvalue weighted by Crippen LogP contribution is -2.64. The van der Waals surface area contributed by atoms with Crippen molar-refractivity contribution in [3.05, 3.63) is 16.1 Å². The van der Waals surface area contributed by atoms with Crippen LogP contribution in [0.25, 0.3) is 0 Å². The minimum atomic E-state index is -0.398. The largest absolute Gasteiger partial charge is 0.363 e. The van der Waals surface area contributed by atoms with E-state index in [0.29, 0.717) is 32.5 Å². The molecule has 0 saturated carbocycles. The number of carbonyl (C=O) groups is 2. The summed E-state index contributed by atoms with van der Waals surface area (Å²) in [7, 11) is 0. The first-order valence-corrected chi connectivity index (χ1v) is 8.68. The number of carbonyl (C=O) groups excluding carboxylic acids is 2. The van der Waals surface area contributed by atoms with Crippen LogP contribution in [-0.4, -0.2) is 58.1 Å². The van der Waals surface area contributed by atoms with Crippen LogP contribution in [0, 0.1) is 6.92 Å². The number of primary amides is 1. The van der Waals surface area contributed by atoms with Crippen molar-refractivity contribution in [1.82, 2.24) is 14.8 Å². The van der Waals surface area contributed by atoms with E-state index in [1.807, 2.05) is 24.1 Å². The Morgan fingerprint density at radius 2 is 2.22 bits per heavy atom. The molecular weight excluding hydrogens is 316 g/mol. The van der Waals surface area contributed by atoms with Gasteiger partial charge in [0.1, 0.15) is 6.61 Å². The predicted molar refractivity (Wildman–Crippen MR) is 85.9 cm³/mol. The number of urea groups is 1. The number of piperidine rings is 1. The Morgan fingerprint density at radius 3 is 2.78 bits per heavy atom. The molecule has 1 aromatic heterocycles. The van der Waals surface area contributed by atoms with Crippen LogP contribution in [0.2, 0.25) is 0 Å². The number of hydrogen-bond donors (Lipinski definition) is 1.